The molecule has 0 aromatic rings. The zero-order valence-electron chi connectivity index (χ0n) is 6.26. The van der Waals surface area contributed by atoms with Crippen molar-refractivity contribution in [3.63, 3.8) is 0 Å². The topological polar surface area (TPSA) is 46.2 Å². The molecule has 1 N–H and O–H groups in total. The van der Waals surface area contributed by atoms with E-state index in [1.165, 1.54) is 0 Å². The van der Waals surface area contributed by atoms with E-state index in [2.05, 4.69) is 5.32 Å². The minimum atomic E-state index is -0.433. The predicted octanol–water partition coefficient (Wildman–Crippen LogP) is 0.257. The van der Waals surface area contributed by atoms with E-state index in [0.717, 1.165) is 0 Å². The zero-order chi connectivity index (χ0) is 7.98. The fourth-order valence-electron chi connectivity index (χ4n) is 0.704. The van der Waals surface area contributed by atoms with Crippen molar-refractivity contribution in [3.05, 3.63) is 0 Å². The fraction of sp³-hybridized carbons (Fsp3) is 0.714. The molecule has 0 aromatic carbocycles. The summed E-state index contributed by atoms with van der Waals surface area (Å²) >= 11 is 0. The molecule has 1 radical (unpaired) electrons. The SMILES string of the molecule is CC(C)C[C@@H]([C]=O)NC=O. The molecule has 3 nitrogen and oxygen atoms in total. The van der Waals surface area contributed by atoms with Crippen molar-refractivity contribution in [2.75, 3.05) is 0 Å². The molecule has 0 heterocycles. The molecule has 3 heteroatoms. The molecule has 0 fully saturated rings. The predicted molar refractivity (Wildman–Crippen MR) is 38.1 cm³/mol. The highest BCUT2D eigenvalue weighted by molar-refractivity contribution is 5.63. The lowest BCUT2D eigenvalue weighted by Crippen LogP contribution is -2.30. The van der Waals surface area contributed by atoms with Crippen LogP contribution in [-0.4, -0.2) is 18.7 Å². The van der Waals surface area contributed by atoms with Gasteiger partial charge in [-0.3, -0.25) is 9.59 Å². The number of hydrogen-bond donors (Lipinski definition) is 1. The third-order valence-electron chi connectivity index (χ3n) is 1.12. The highest BCUT2D eigenvalue weighted by Crippen LogP contribution is 2.01. The Balaban J connectivity index is 3.59. The summed E-state index contributed by atoms with van der Waals surface area (Å²) in [5.74, 6) is 0.402. The number of rotatable bonds is 5. The van der Waals surface area contributed by atoms with Crippen LogP contribution in [0.4, 0.5) is 0 Å². The Bertz CT molecular complexity index is 112. The average molecular weight is 142 g/mol. The fourth-order valence-corrected chi connectivity index (χ4v) is 0.704. The summed E-state index contributed by atoms with van der Waals surface area (Å²) in [5.41, 5.74) is 0. The minimum Gasteiger partial charge on any atom is -0.348 e. The van der Waals surface area contributed by atoms with Crippen LogP contribution in [0.5, 0.6) is 0 Å². The first-order valence-corrected chi connectivity index (χ1v) is 3.28. The van der Waals surface area contributed by atoms with Crippen LogP contribution >= 0.6 is 0 Å². The molecule has 0 aromatic heterocycles. The average Bonchev–Trinajstić information content (AvgIpc) is 1.86. The van der Waals surface area contributed by atoms with E-state index in [4.69, 9.17) is 0 Å². The van der Waals surface area contributed by atoms with E-state index < -0.39 is 6.04 Å². The van der Waals surface area contributed by atoms with Crippen molar-refractivity contribution in [3.8, 4) is 0 Å². The van der Waals surface area contributed by atoms with Crippen molar-refractivity contribution in [1.82, 2.24) is 5.32 Å². The van der Waals surface area contributed by atoms with Crippen molar-refractivity contribution in [2.24, 2.45) is 5.92 Å². The molecule has 1 atom stereocenters. The zero-order valence-corrected chi connectivity index (χ0v) is 6.26. The standard InChI is InChI=1S/C7H12NO2/c1-6(2)3-7(4-9)8-5-10/h5-7H,3H2,1-2H3,(H,8,10)/t7-/m0/s1. The molecule has 1 amide bonds. The van der Waals surface area contributed by atoms with Crippen molar-refractivity contribution in [2.45, 2.75) is 26.3 Å². The molecule has 0 aliphatic carbocycles. The van der Waals surface area contributed by atoms with E-state index in [1.807, 2.05) is 13.8 Å². The van der Waals surface area contributed by atoms with Gasteiger partial charge in [0.05, 0.1) is 6.04 Å². The molecular weight excluding hydrogens is 130 g/mol. The molecule has 0 unspecified atom stereocenters. The summed E-state index contributed by atoms with van der Waals surface area (Å²) in [6.07, 6.45) is 2.92. The summed E-state index contributed by atoms with van der Waals surface area (Å²) in [7, 11) is 0. The van der Waals surface area contributed by atoms with Crippen LogP contribution < -0.4 is 5.32 Å². The molecule has 0 rings (SSSR count). The number of nitrogens with one attached hydrogen (secondary N) is 1. The van der Waals surface area contributed by atoms with Crippen molar-refractivity contribution < 1.29 is 9.59 Å². The smallest absolute Gasteiger partial charge is 0.222 e. The van der Waals surface area contributed by atoms with Crippen molar-refractivity contribution in [1.29, 1.82) is 0 Å². The molecular formula is C7H12NO2. The van der Waals surface area contributed by atoms with Gasteiger partial charge in [0.15, 0.2) is 0 Å². The van der Waals surface area contributed by atoms with Gasteiger partial charge in [0.2, 0.25) is 12.7 Å². The van der Waals surface area contributed by atoms with E-state index >= 15 is 0 Å². The summed E-state index contributed by atoms with van der Waals surface area (Å²) < 4.78 is 0. The van der Waals surface area contributed by atoms with Crippen LogP contribution in [0.3, 0.4) is 0 Å². The summed E-state index contributed by atoms with van der Waals surface area (Å²) in [5, 5.41) is 2.36. The van der Waals surface area contributed by atoms with Gasteiger partial charge in [0.1, 0.15) is 0 Å². The molecule has 0 saturated heterocycles. The van der Waals surface area contributed by atoms with Gasteiger partial charge in [-0.2, -0.15) is 0 Å². The van der Waals surface area contributed by atoms with Crippen LogP contribution in [0.25, 0.3) is 0 Å². The highest BCUT2D eigenvalue weighted by atomic mass is 16.1. The normalized spacial score (nSPS) is 12.7. The first-order chi connectivity index (χ1) is 4.70. The molecule has 10 heavy (non-hydrogen) atoms. The van der Waals surface area contributed by atoms with Gasteiger partial charge in [-0.05, 0) is 12.3 Å². The third kappa shape index (κ3) is 4.06. The number of amides is 1. The Labute approximate surface area is 60.8 Å². The number of carbonyl (C=O) groups excluding carboxylic acids is 2. The van der Waals surface area contributed by atoms with Crippen LogP contribution in [0.15, 0.2) is 0 Å². The van der Waals surface area contributed by atoms with Crippen LogP contribution in [0, 0.1) is 5.92 Å². The van der Waals surface area contributed by atoms with Crippen LogP contribution in [0.2, 0.25) is 0 Å². The molecule has 0 aliphatic rings. The number of carbonyl (C=O) groups is 1. The van der Waals surface area contributed by atoms with E-state index in [0.29, 0.717) is 18.7 Å². The van der Waals surface area contributed by atoms with Gasteiger partial charge in [-0.25, -0.2) is 0 Å². The largest absolute Gasteiger partial charge is 0.348 e. The van der Waals surface area contributed by atoms with E-state index in [-0.39, 0.29) is 0 Å². The summed E-state index contributed by atoms with van der Waals surface area (Å²) in [6.45, 7) is 3.97. The van der Waals surface area contributed by atoms with Gasteiger partial charge >= 0.3 is 0 Å². The molecule has 0 spiro atoms. The Kier molecular flexibility index (Phi) is 4.54. The van der Waals surface area contributed by atoms with E-state index in [9.17, 15) is 9.59 Å². The van der Waals surface area contributed by atoms with Crippen molar-refractivity contribution >= 4 is 12.7 Å². The second-order valence-corrected chi connectivity index (χ2v) is 2.58. The summed E-state index contributed by atoms with van der Waals surface area (Å²) in [6, 6.07) is -0.433. The highest BCUT2D eigenvalue weighted by Gasteiger charge is 2.07. The Morgan fingerprint density at radius 2 is 2.20 bits per heavy atom. The second kappa shape index (κ2) is 4.97. The van der Waals surface area contributed by atoms with Gasteiger partial charge in [-0.1, -0.05) is 13.8 Å². The maximum Gasteiger partial charge on any atom is 0.222 e. The molecule has 0 saturated carbocycles. The van der Waals surface area contributed by atoms with Gasteiger partial charge in [0, 0.05) is 0 Å². The Morgan fingerprint density at radius 1 is 1.60 bits per heavy atom. The van der Waals surface area contributed by atoms with Crippen LogP contribution in [-0.2, 0) is 9.59 Å². The first kappa shape index (κ1) is 9.14. The lowest BCUT2D eigenvalue weighted by Gasteiger charge is -2.09. The van der Waals surface area contributed by atoms with E-state index in [1.54, 1.807) is 6.29 Å². The minimum absolute atomic E-state index is 0.402. The third-order valence-corrected chi connectivity index (χ3v) is 1.12. The maximum absolute atomic E-state index is 10.1. The van der Waals surface area contributed by atoms with Gasteiger partial charge < -0.3 is 5.32 Å². The monoisotopic (exact) mass is 142 g/mol. The Morgan fingerprint density at radius 3 is 2.50 bits per heavy atom. The van der Waals surface area contributed by atoms with Gasteiger partial charge in [0.25, 0.3) is 0 Å². The quantitative estimate of drug-likeness (QED) is 0.559. The second-order valence-electron chi connectivity index (χ2n) is 2.58. The molecule has 0 aliphatic heterocycles. The molecule has 0 bridgehead atoms. The summed E-state index contributed by atoms with van der Waals surface area (Å²) in [4.78, 5) is 19.9. The van der Waals surface area contributed by atoms with Crippen LogP contribution in [0.1, 0.15) is 20.3 Å². The maximum atomic E-state index is 10.1. The lowest BCUT2D eigenvalue weighted by molar-refractivity contribution is -0.109. The molecule has 57 valence electrons. The number of hydrogen-bond acceptors (Lipinski definition) is 2. The van der Waals surface area contributed by atoms with Gasteiger partial charge in [-0.15, -0.1) is 0 Å². The Hall–Kier alpha value is -0.860. The first-order valence-electron chi connectivity index (χ1n) is 3.28. The lowest BCUT2D eigenvalue weighted by atomic mass is 10.1.